The first kappa shape index (κ1) is 16.7. The smallest absolute Gasteiger partial charge is 0.335 e. The van der Waals surface area contributed by atoms with Crippen molar-refractivity contribution in [2.45, 2.75) is 6.42 Å². The molecule has 0 unspecified atom stereocenters. The van der Waals surface area contributed by atoms with E-state index in [2.05, 4.69) is 17.3 Å². The summed E-state index contributed by atoms with van der Waals surface area (Å²) in [5.74, 6) is -1.64. The number of aromatic carboxylic acids is 1. The zero-order chi connectivity index (χ0) is 19.4. The molecule has 0 spiro atoms. The number of amides is 2. The molecular weight excluding hydrogens is 358 g/mol. The number of hydrogen-bond donors (Lipinski definition) is 1. The number of rotatable bonds is 4. The van der Waals surface area contributed by atoms with Gasteiger partial charge in [-0.2, -0.15) is 10.1 Å². The van der Waals surface area contributed by atoms with Crippen LogP contribution in [-0.4, -0.2) is 38.7 Å². The maximum Gasteiger partial charge on any atom is 0.335 e. The van der Waals surface area contributed by atoms with Crippen LogP contribution in [0.4, 0.5) is 0 Å². The number of carboxylic acids is 1. The summed E-state index contributed by atoms with van der Waals surface area (Å²) >= 11 is 0. The van der Waals surface area contributed by atoms with Crippen molar-refractivity contribution in [3.8, 4) is 5.69 Å². The maximum absolute atomic E-state index is 12.7. The van der Waals surface area contributed by atoms with Gasteiger partial charge in [0.15, 0.2) is 0 Å². The van der Waals surface area contributed by atoms with Gasteiger partial charge in [0.1, 0.15) is 0 Å². The maximum atomic E-state index is 12.7. The lowest BCUT2D eigenvalue weighted by Crippen LogP contribution is -2.28. The van der Waals surface area contributed by atoms with E-state index >= 15 is 0 Å². The number of hydrogen-bond acceptors (Lipinski definition) is 4. The van der Waals surface area contributed by atoms with Crippen LogP contribution in [-0.2, 0) is 9.59 Å². The van der Waals surface area contributed by atoms with E-state index < -0.39 is 5.97 Å². The number of carboxylic acid groups (broad SMARTS) is 1. The summed E-state index contributed by atoms with van der Waals surface area (Å²) in [5.41, 5.74) is 1.64. The fraction of sp³-hybridized carbons (Fsp3) is 0.238. The molecule has 2 bridgehead atoms. The highest BCUT2D eigenvalue weighted by Crippen LogP contribution is 2.52. The molecule has 1 aromatic carbocycles. The number of nitrogens with zero attached hydrogens (tertiary/aromatic N) is 3. The molecule has 2 aliphatic carbocycles. The number of carbonyl (C=O) groups is 3. The van der Waals surface area contributed by atoms with Gasteiger partial charge in [-0.25, -0.2) is 4.79 Å². The lowest BCUT2D eigenvalue weighted by molar-refractivity contribution is -0.140. The van der Waals surface area contributed by atoms with Crippen LogP contribution in [0.2, 0.25) is 0 Å². The normalized spacial score (nSPS) is 27.9. The summed E-state index contributed by atoms with van der Waals surface area (Å²) < 4.78 is 1.81. The van der Waals surface area contributed by atoms with Gasteiger partial charge < -0.3 is 9.67 Å². The second-order valence-electron chi connectivity index (χ2n) is 7.39. The first-order valence-electron chi connectivity index (χ1n) is 9.16. The zero-order valence-electron chi connectivity index (χ0n) is 14.8. The van der Waals surface area contributed by atoms with Crippen molar-refractivity contribution in [3.05, 3.63) is 66.0 Å². The van der Waals surface area contributed by atoms with Crippen molar-refractivity contribution < 1.29 is 19.5 Å². The van der Waals surface area contributed by atoms with E-state index in [0.717, 1.165) is 17.1 Å². The van der Waals surface area contributed by atoms with E-state index in [1.165, 1.54) is 18.3 Å². The third kappa shape index (κ3) is 2.36. The van der Waals surface area contributed by atoms with Gasteiger partial charge in [-0.1, -0.05) is 12.2 Å². The predicted octanol–water partition coefficient (Wildman–Crippen LogP) is 2.32. The van der Waals surface area contributed by atoms with Crippen LogP contribution in [0.15, 0.2) is 59.8 Å². The van der Waals surface area contributed by atoms with Crippen LogP contribution in [0.5, 0.6) is 0 Å². The summed E-state index contributed by atoms with van der Waals surface area (Å²) in [5, 5.41) is 14.2. The summed E-state index contributed by atoms with van der Waals surface area (Å²) in [6.07, 6.45) is 8.30. The lowest BCUT2D eigenvalue weighted by Gasteiger charge is -2.13. The Kier molecular flexibility index (Phi) is 3.58. The topological polar surface area (TPSA) is 92.0 Å². The van der Waals surface area contributed by atoms with E-state index in [-0.39, 0.29) is 41.0 Å². The van der Waals surface area contributed by atoms with Crippen molar-refractivity contribution in [1.82, 2.24) is 9.58 Å². The molecule has 2 amide bonds. The molecule has 4 atom stereocenters. The monoisotopic (exact) mass is 375 g/mol. The Morgan fingerprint density at radius 1 is 1.04 bits per heavy atom. The number of carbonyl (C=O) groups excluding carboxylic acids is 2. The van der Waals surface area contributed by atoms with E-state index in [1.807, 2.05) is 22.9 Å². The lowest BCUT2D eigenvalue weighted by atomic mass is 9.85. The standard InChI is InChI=1S/C21H17N3O4/c25-19-17-13-3-4-14(10-13)18(17)20(26)24(19)22-11-16-2-1-9-23(16)15-7-5-12(6-8-15)21(27)28/h1-9,11,13-14,17-18H,10H2,(H,27,28)/t13-,14-,17-,18+/m0/s1. The molecule has 1 N–H and O–H groups in total. The third-order valence-corrected chi connectivity index (χ3v) is 5.93. The van der Waals surface area contributed by atoms with Crippen molar-refractivity contribution in [2.75, 3.05) is 0 Å². The fourth-order valence-electron chi connectivity index (χ4n) is 4.62. The second kappa shape index (κ2) is 6.02. The highest BCUT2D eigenvalue weighted by Gasteiger charge is 2.59. The number of hydrazone groups is 1. The molecule has 140 valence electrons. The molecule has 2 aromatic rings. The van der Waals surface area contributed by atoms with Gasteiger partial charge in [0.25, 0.3) is 11.8 Å². The Balaban J connectivity index is 1.40. The van der Waals surface area contributed by atoms with Crippen LogP contribution in [0.3, 0.4) is 0 Å². The van der Waals surface area contributed by atoms with Crippen molar-refractivity contribution in [1.29, 1.82) is 0 Å². The molecule has 2 heterocycles. The third-order valence-electron chi connectivity index (χ3n) is 5.93. The molecule has 28 heavy (non-hydrogen) atoms. The van der Waals surface area contributed by atoms with Crippen molar-refractivity contribution in [3.63, 3.8) is 0 Å². The Hall–Kier alpha value is -3.48. The summed E-state index contributed by atoms with van der Waals surface area (Å²) in [4.78, 5) is 36.4. The highest BCUT2D eigenvalue weighted by molar-refractivity contribution is 6.06. The molecular formula is C21H17N3O4. The summed E-state index contributed by atoms with van der Waals surface area (Å²) in [6, 6.07) is 10.1. The van der Waals surface area contributed by atoms with Crippen LogP contribution in [0.1, 0.15) is 22.5 Å². The van der Waals surface area contributed by atoms with Gasteiger partial charge in [0.05, 0.1) is 29.3 Å². The number of aromatic nitrogens is 1. The predicted molar refractivity (Wildman–Crippen MR) is 99.9 cm³/mol. The molecule has 1 saturated heterocycles. The molecule has 1 aromatic heterocycles. The van der Waals surface area contributed by atoms with Crippen LogP contribution >= 0.6 is 0 Å². The first-order valence-corrected chi connectivity index (χ1v) is 9.16. The largest absolute Gasteiger partial charge is 0.478 e. The minimum Gasteiger partial charge on any atom is -0.478 e. The number of imide groups is 1. The van der Waals surface area contributed by atoms with Gasteiger partial charge in [-0.05, 0) is 54.7 Å². The van der Waals surface area contributed by atoms with Crippen LogP contribution in [0, 0.1) is 23.7 Å². The Labute approximate surface area is 160 Å². The minimum absolute atomic E-state index is 0.156. The van der Waals surface area contributed by atoms with Gasteiger partial charge in [-0.3, -0.25) is 9.59 Å². The van der Waals surface area contributed by atoms with Crippen molar-refractivity contribution >= 4 is 24.0 Å². The Morgan fingerprint density at radius 3 is 2.29 bits per heavy atom. The quantitative estimate of drug-likeness (QED) is 0.504. The van der Waals surface area contributed by atoms with Gasteiger partial charge >= 0.3 is 5.97 Å². The van der Waals surface area contributed by atoms with E-state index in [0.29, 0.717) is 5.69 Å². The molecule has 1 saturated carbocycles. The molecule has 3 aliphatic rings. The van der Waals surface area contributed by atoms with E-state index in [4.69, 9.17) is 5.11 Å². The first-order chi connectivity index (χ1) is 13.5. The molecule has 0 radical (unpaired) electrons. The molecule has 7 heteroatoms. The number of allylic oxidation sites excluding steroid dienone is 2. The van der Waals surface area contributed by atoms with Crippen LogP contribution < -0.4 is 0 Å². The molecule has 5 rings (SSSR count). The van der Waals surface area contributed by atoms with Crippen LogP contribution in [0.25, 0.3) is 5.69 Å². The minimum atomic E-state index is -0.985. The summed E-state index contributed by atoms with van der Waals surface area (Å²) in [7, 11) is 0. The second-order valence-corrected chi connectivity index (χ2v) is 7.39. The zero-order valence-corrected chi connectivity index (χ0v) is 14.8. The molecule has 1 aliphatic heterocycles. The van der Waals surface area contributed by atoms with E-state index in [1.54, 1.807) is 12.1 Å². The molecule has 7 nitrogen and oxygen atoms in total. The average molecular weight is 375 g/mol. The SMILES string of the molecule is O=C(O)c1ccc(-n2cccc2C=NN2C(=O)[C@@H]3[C@H](C2=O)[C@H]2C=C[C@H]3C2)cc1. The Morgan fingerprint density at radius 2 is 1.68 bits per heavy atom. The van der Waals surface area contributed by atoms with Crippen molar-refractivity contribution in [2.24, 2.45) is 28.8 Å². The average Bonchev–Trinajstić information content (AvgIpc) is 3.46. The Bertz CT molecular complexity index is 1020. The fourth-order valence-corrected chi connectivity index (χ4v) is 4.62. The van der Waals surface area contributed by atoms with Gasteiger partial charge in [0.2, 0.25) is 0 Å². The van der Waals surface area contributed by atoms with E-state index in [9.17, 15) is 14.4 Å². The molecule has 2 fully saturated rings. The van der Waals surface area contributed by atoms with Gasteiger partial charge in [0, 0.05) is 11.9 Å². The number of fused-ring (bicyclic) bond motifs is 5. The number of benzene rings is 1. The van der Waals surface area contributed by atoms with Gasteiger partial charge in [-0.15, -0.1) is 0 Å². The summed E-state index contributed by atoms with van der Waals surface area (Å²) in [6.45, 7) is 0. The highest BCUT2D eigenvalue weighted by atomic mass is 16.4.